The van der Waals surface area contributed by atoms with E-state index in [9.17, 15) is 0 Å². The number of methoxy groups -OCH3 is 2. The first-order valence-corrected chi connectivity index (χ1v) is 8.49. The molecule has 1 aromatic carbocycles. The first-order chi connectivity index (χ1) is 12.3. The molecule has 0 aliphatic carbocycles. The summed E-state index contributed by atoms with van der Waals surface area (Å²) in [7, 11) is 3.33. The zero-order valence-electron chi connectivity index (χ0n) is 15.2. The van der Waals surface area contributed by atoms with Crippen molar-refractivity contribution in [2.24, 2.45) is 0 Å². The number of halogens is 1. The zero-order chi connectivity index (χ0) is 17.5. The van der Waals surface area contributed by atoms with Gasteiger partial charge in [-0.25, -0.2) is 4.98 Å². The maximum Gasteiger partial charge on any atom is 0.133 e. The largest absolute Gasteiger partial charge is 0.497 e. The number of aromatic nitrogens is 1. The van der Waals surface area contributed by atoms with Gasteiger partial charge in [0.2, 0.25) is 0 Å². The molecule has 1 N–H and O–H groups in total. The normalized spacial score (nSPS) is 13.8. The minimum absolute atomic E-state index is 0. The fourth-order valence-corrected chi connectivity index (χ4v) is 2.94. The third-order valence-electron chi connectivity index (χ3n) is 4.23. The average Bonchev–Trinajstić information content (AvgIpc) is 2.68. The van der Waals surface area contributed by atoms with Crippen LogP contribution in [0.1, 0.15) is 11.1 Å². The molecule has 2 heterocycles. The third-order valence-corrected chi connectivity index (χ3v) is 4.23. The van der Waals surface area contributed by atoms with E-state index in [1.165, 1.54) is 5.56 Å². The third kappa shape index (κ3) is 5.24. The molecule has 6 nitrogen and oxygen atoms in total. The van der Waals surface area contributed by atoms with Gasteiger partial charge in [-0.1, -0.05) is 6.07 Å². The molecule has 1 aliphatic heterocycles. The molecule has 1 aliphatic rings. The summed E-state index contributed by atoms with van der Waals surface area (Å²) in [6, 6.07) is 10.0. The first kappa shape index (κ1) is 20.3. The lowest BCUT2D eigenvalue weighted by Crippen LogP contribution is -2.37. The van der Waals surface area contributed by atoms with E-state index < -0.39 is 0 Å². The first-order valence-electron chi connectivity index (χ1n) is 8.49. The van der Waals surface area contributed by atoms with Crippen LogP contribution in [0.3, 0.4) is 0 Å². The van der Waals surface area contributed by atoms with Crippen LogP contribution in [-0.2, 0) is 17.8 Å². The SMILES string of the molecule is COc1cc(CNCc2cccnc2N2CCOCC2)cc(OC)c1.Cl. The van der Waals surface area contributed by atoms with Crippen LogP contribution >= 0.6 is 12.4 Å². The van der Waals surface area contributed by atoms with Crippen LogP contribution in [0.2, 0.25) is 0 Å². The van der Waals surface area contributed by atoms with Crippen molar-refractivity contribution >= 4 is 18.2 Å². The number of nitrogens with zero attached hydrogens (tertiary/aromatic N) is 2. The van der Waals surface area contributed by atoms with Gasteiger partial charge in [0, 0.05) is 44.0 Å². The van der Waals surface area contributed by atoms with Crippen molar-refractivity contribution in [3.8, 4) is 11.5 Å². The molecule has 1 saturated heterocycles. The lowest BCUT2D eigenvalue weighted by Gasteiger charge is -2.29. The van der Waals surface area contributed by atoms with Crippen molar-refractivity contribution in [1.82, 2.24) is 10.3 Å². The van der Waals surface area contributed by atoms with Crippen LogP contribution < -0.4 is 19.7 Å². The fourth-order valence-electron chi connectivity index (χ4n) is 2.94. The minimum Gasteiger partial charge on any atom is -0.497 e. The highest BCUT2D eigenvalue weighted by molar-refractivity contribution is 5.85. The van der Waals surface area contributed by atoms with Gasteiger partial charge in [-0.15, -0.1) is 12.4 Å². The Morgan fingerprint density at radius 3 is 2.42 bits per heavy atom. The molecule has 3 rings (SSSR count). The zero-order valence-corrected chi connectivity index (χ0v) is 16.1. The van der Waals surface area contributed by atoms with Gasteiger partial charge >= 0.3 is 0 Å². The van der Waals surface area contributed by atoms with Crippen LogP contribution in [-0.4, -0.2) is 45.5 Å². The van der Waals surface area contributed by atoms with Gasteiger partial charge < -0.3 is 24.4 Å². The van der Waals surface area contributed by atoms with E-state index >= 15 is 0 Å². The predicted molar refractivity (Wildman–Crippen MR) is 105 cm³/mol. The molecule has 0 bridgehead atoms. The number of hydrogen-bond acceptors (Lipinski definition) is 6. The maximum absolute atomic E-state index is 5.43. The maximum atomic E-state index is 5.43. The Hall–Kier alpha value is -2.02. The number of anilines is 1. The van der Waals surface area contributed by atoms with Crippen LogP contribution in [0.15, 0.2) is 36.5 Å². The number of benzene rings is 1. The Morgan fingerprint density at radius 2 is 1.77 bits per heavy atom. The summed E-state index contributed by atoms with van der Waals surface area (Å²) >= 11 is 0. The summed E-state index contributed by atoms with van der Waals surface area (Å²) < 4.78 is 16.1. The van der Waals surface area contributed by atoms with Crippen molar-refractivity contribution in [3.05, 3.63) is 47.7 Å². The Kier molecular flexibility index (Phi) is 7.97. The van der Waals surface area contributed by atoms with E-state index in [1.54, 1.807) is 14.2 Å². The average molecular weight is 380 g/mol. The van der Waals surface area contributed by atoms with Gasteiger partial charge in [-0.2, -0.15) is 0 Å². The monoisotopic (exact) mass is 379 g/mol. The number of rotatable bonds is 7. The van der Waals surface area contributed by atoms with Crippen molar-refractivity contribution in [3.63, 3.8) is 0 Å². The summed E-state index contributed by atoms with van der Waals surface area (Å²) in [6.07, 6.45) is 1.85. The lowest BCUT2D eigenvalue weighted by molar-refractivity contribution is 0.122. The smallest absolute Gasteiger partial charge is 0.133 e. The van der Waals surface area contributed by atoms with E-state index in [4.69, 9.17) is 14.2 Å². The van der Waals surface area contributed by atoms with E-state index in [1.807, 2.05) is 30.5 Å². The summed E-state index contributed by atoms with van der Waals surface area (Å²) in [5.74, 6) is 2.64. The van der Waals surface area contributed by atoms with Crippen molar-refractivity contribution in [2.45, 2.75) is 13.1 Å². The molecule has 0 atom stereocenters. The second-order valence-corrected chi connectivity index (χ2v) is 5.91. The number of nitrogens with one attached hydrogen (secondary N) is 1. The molecule has 0 amide bonds. The van der Waals surface area contributed by atoms with Crippen LogP contribution in [0.5, 0.6) is 11.5 Å². The Morgan fingerprint density at radius 1 is 1.08 bits per heavy atom. The molecule has 0 unspecified atom stereocenters. The van der Waals surface area contributed by atoms with Crippen LogP contribution in [0, 0.1) is 0 Å². The molecule has 0 saturated carbocycles. The van der Waals surface area contributed by atoms with Gasteiger partial charge in [0.1, 0.15) is 17.3 Å². The predicted octanol–water partition coefficient (Wildman–Crippen LogP) is 2.65. The molecule has 0 spiro atoms. The summed E-state index contributed by atoms with van der Waals surface area (Å²) in [5, 5.41) is 3.49. The van der Waals surface area contributed by atoms with Crippen molar-refractivity contribution < 1.29 is 14.2 Å². The molecule has 1 aromatic heterocycles. The standard InChI is InChI=1S/C19H25N3O3.ClH/c1-23-17-10-15(11-18(12-17)24-2)13-20-14-16-4-3-5-21-19(16)22-6-8-25-9-7-22;/h3-5,10-12,20H,6-9,13-14H2,1-2H3;1H. The van der Waals surface area contributed by atoms with Gasteiger partial charge in [-0.3, -0.25) is 0 Å². The number of hydrogen-bond donors (Lipinski definition) is 1. The van der Waals surface area contributed by atoms with Crippen LogP contribution in [0.25, 0.3) is 0 Å². The van der Waals surface area contributed by atoms with Gasteiger partial charge in [0.05, 0.1) is 27.4 Å². The summed E-state index contributed by atoms with van der Waals surface area (Å²) in [6.45, 7) is 4.76. The molecule has 2 aromatic rings. The highest BCUT2D eigenvalue weighted by Gasteiger charge is 2.15. The highest BCUT2D eigenvalue weighted by atomic mass is 35.5. The molecule has 1 fully saturated rings. The Bertz CT molecular complexity index is 671. The van der Waals surface area contributed by atoms with Crippen molar-refractivity contribution in [2.75, 3.05) is 45.4 Å². The number of pyridine rings is 1. The van der Waals surface area contributed by atoms with Crippen LogP contribution in [0.4, 0.5) is 5.82 Å². The highest BCUT2D eigenvalue weighted by Crippen LogP contribution is 2.23. The molecular weight excluding hydrogens is 354 g/mol. The fraction of sp³-hybridized carbons (Fsp3) is 0.421. The number of morpholine rings is 1. The van der Waals surface area contributed by atoms with E-state index in [0.29, 0.717) is 0 Å². The lowest BCUT2D eigenvalue weighted by atomic mass is 10.2. The van der Waals surface area contributed by atoms with E-state index in [0.717, 1.165) is 62.3 Å². The molecular formula is C19H26ClN3O3. The Balaban J connectivity index is 0.00000243. The Labute approximate surface area is 160 Å². The molecule has 142 valence electrons. The van der Waals surface area contributed by atoms with Gasteiger partial charge in [-0.05, 0) is 23.8 Å². The molecule has 0 radical (unpaired) electrons. The topological polar surface area (TPSA) is 55.9 Å². The van der Waals surface area contributed by atoms with Gasteiger partial charge in [0.15, 0.2) is 0 Å². The molecule has 7 heteroatoms. The number of ether oxygens (including phenoxy) is 3. The van der Waals surface area contributed by atoms with E-state index in [2.05, 4.69) is 21.3 Å². The van der Waals surface area contributed by atoms with Crippen molar-refractivity contribution in [1.29, 1.82) is 0 Å². The minimum atomic E-state index is 0. The van der Waals surface area contributed by atoms with Gasteiger partial charge in [0.25, 0.3) is 0 Å². The second-order valence-electron chi connectivity index (χ2n) is 5.91. The van der Waals surface area contributed by atoms with E-state index in [-0.39, 0.29) is 12.4 Å². The quantitative estimate of drug-likeness (QED) is 0.798. The summed E-state index contributed by atoms with van der Waals surface area (Å²) in [5.41, 5.74) is 2.31. The second kappa shape index (κ2) is 10.2. The molecule has 26 heavy (non-hydrogen) atoms. The summed E-state index contributed by atoms with van der Waals surface area (Å²) in [4.78, 5) is 6.86.